The largest absolute Gasteiger partial charge is 0.379 e. The first kappa shape index (κ1) is 14.0. The molecule has 1 aliphatic heterocycles. The molecule has 2 heterocycles. The molecule has 0 spiro atoms. The fourth-order valence-electron chi connectivity index (χ4n) is 2.29. The molecule has 1 aromatic heterocycles. The third kappa shape index (κ3) is 3.33. The zero-order valence-corrected chi connectivity index (χ0v) is 11.8. The summed E-state index contributed by atoms with van der Waals surface area (Å²) in [5.41, 5.74) is 0.890. The maximum absolute atomic E-state index is 12.3. The molecule has 0 radical (unpaired) electrons. The molecular formula is C13H22N4O2. The first-order valence-electron chi connectivity index (χ1n) is 6.74. The third-order valence-electron chi connectivity index (χ3n) is 3.33. The fourth-order valence-corrected chi connectivity index (χ4v) is 2.29. The lowest BCUT2D eigenvalue weighted by Gasteiger charge is -2.18. The molecule has 0 saturated carbocycles. The number of carbonyl (C=O) groups is 1. The first-order chi connectivity index (χ1) is 9.11. The maximum atomic E-state index is 12.3. The molecule has 2 rings (SSSR count). The monoisotopic (exact) mass is 266 g/mol. The molecule has 2 unspecified atom stereocenters. The van der Waals surface area contributed by atoms with E-state index < -0.39 is 0 Å². The van der Waals surface area contributed by atoms with E-state index in [1.807, 2.05) is 20.0 Å². The Hall–Kier alpha value is -1.40. The molecule has 6 nitrogen and oxygen atoms in total. The van der Waals surface area contributed by atoms with E-state index in [9.17, 15) is 4.79 Å². The molecule has 0 aliphatic carbocycles. The van der Waals surface area contributed by atoms with Crippen LogP contribution in [0.1, 0.15) is 19.0 Å². The summed E-state index contributed by atoms with van der Waals surface area (Å²) >= 11 is 0. The number of carbonyl (C=O) groups excluding carboxylic acids is 1. The molecule has 6 heteroatoms. The van der Waals surface area contributed by atoms with Gasteiger partial charge >= 0.3 is 0 Å². The van der Waals surface area contributed by atoms with Gasteiger partial charge < -0.3 is 15.4 Å². The lowest BCUT2D eigenvalue weighted by molar-refractivity contribution is -0.120. The molecule has 2 atom stereocenters. The van der Waals surface area contributed by atoms with Gasteiger partial charge in [-0.2, -0.15) is 5.10 Å². The van der Waals surface area contributed by atoms with Gasteiger partial charge in [-0.3, -0.25) is 9.48 Å². The highest BCUT2D eigenvalue weighted by Gasteiger charge is 2.33. The van der Waals surface area contributed by atoms with Crippen LogP contribution in [0.15, 0.2) is 6.07 Å². The Bertz CT molecular complexity index is 444. The van der Waals surface area contributed by atoms with Gasteiger partial charge in [0.25, 0.3) is 0 Å². The minimum Gasteiger partial charge on any atom is -0.379 e. The van der Waals surface area contributed by atoms with Crippen LogP contribution < -0.4 is 10.6 Å². The minimum absolute atomic E-state index is 0.00546. The minimum atomic E-state index is -0.137. The van der Waals surface area contributed by atoms with Crippen LogP contribution >= 0.6 is 0 Å². The molecule has 1 fully saturated rings. The smallest absolute Gasteiger partial charge is 0.232 e. The molecule has 2 N–H and O–H groups in total. The van der Waals surface area contributed by atoms with Gasteiger partial charge in [0.1, 0.15) is 5.82 Å². The van der Waals surface area contributed by atoms with Crippen LogP contribution in [0, 0.1) is 12.8 Å². The second-order valence-corrected chi connectivity index (χ2v) is 4.99. The van der Waals surface area contributed by atoms with Crippen molar-refractivity contribution in [3.05, 3.63) is 11.8 Å². The molecule has 1 aliphatic rings. The number of ether oxygens (including phenoxy) is 1. The van der Waals surface area contributed by atoms with Crippen molar-refractivity contribution in [3.8, 4) is 0 Å². The van der Waals surface area contributed by atoms with Gasteiger partial charge in [0.2, 0.25) is 5.91 Å². The van der Waals surface area contributed by atoms with Crippen LogP contribution in [0.4, 0.5) is 5.82 Å². The summed E-state index contributed by atoms with van der Waals surface area (Å²) < 4.78 is 7.09. The van der Waals surface area contributed by atoms with E-state index in [-0.39, 0.29) is 17.9 Å². The van der Waals surface area contributed by atoms with Crippen molar-refractivity contribution in [2.75, 3.05) is 25.1 Å². The Morgan fingerprint density at radius 2 is 2.37 bits per heavy atom. The lowest BCUT2D eigenvalue weighted by Crippen LogP contribution is -2.41. The molecule has 1 aromatic rings. The molecule has 19 heavy (non-hydrogen) atoms. The number of hydrogen-bond donors (Lipinski definition) is 2. The van der Waals surface area contributed by atoms with Crippen LogP contribution in [0.25, 0.3) is 0 Å². The Morgan fingerprint density at radius 1 is 1.58 bits per heavy atom. The van der Waals surface area contributed by atoms with Crippen molar-refractivity contribution in [2.24, 2.45) is 13.0 Å². The highest BCUT2D eigenvalue weighted by Crippen LogP contribution is 2.17. The quantitative estimate of drug-likeness (QED) is 0.822. The van der Waals surface area contributed by atoms with E-state index >= 15 is 0 Å². The number of aryl methyl sites for hydroxylation is 2. The summed E-state index contributed by atoms with van der Waals surface area (Å²) in [5, 5.41) is 10.5. The first-order valence-corrected chi connectivity index (χ1v) is 6.74. The van der Waals surface area contributed by atoms with Crippen LogP contribution in [-0.2, 0) is 16.6 Å². The Kier molecular flexibility index (Phi) is 4.55. The predicted octanol–water partition coefficient (Wildman–Crippen LogP) is 0.682. The van der Waals surface area contributed by atoms with Crippen LogP contribution in [0.3, 0.4) is 0 Å². The highest BCUT2D eigenvalue weighted by atomic mass is 16.5. The second kappa shape index (κ2) is 6.16. The number of amides is 1. The molecular weight excluding hydrogens is 244 g/mol. The van der Waals surface area contributed by atoms with Crippen LogP contribution in [0.2, 0.25) is 0 Å². The number of rotatable bonds is 5. The van der Waals surface area contributed by atoms with Gasteiger partial charge in [0, 0.05) is 19.2 Å². The van der Waals surface area contributed by atoms with Crippen molar-refractivity contribution in [1.29, 1.82) is 0 Å². The molecule has 0 bridgehead atoms. The zero-order valence-electron chi connectivity index (χ0n) is 11.8. The van der Waals surface area contributed by atoms with E-state index in [0.717, 1.165) is 24.5 Å². The van der Waals surface area contributed by atoms with Crippen LogP contribution in [-0.4, -0.2) is 41.5 Å². The van der Waals surface area contributed by atoms with E-state index in [2.05, 4.69) is 22.7 Å². The summed E-state index contributed by atoms with van der Waals surface area (Å²) in [6.45, 7) is 5.99. The summed E-state index contributed by atoms with van der Waals surface area (Å²) in [6.07, 6.45) is 1.05. The second-order valence-electron chi connectivity index (χ2n) is 4.99. The fraction of sp³-hybridized carbons (Fsp3) is 0.692. The van der Waals surface area contributed by atoms with E-state index in [1.54, 1.807) is 4.68 Å². The predicted molar refractivity (Wildman–Crippen MR) is 73.0 cm³/mol. The summed E-state index contributed by atoms with van der Waals surface area (Å²) in [7, 11) is 1.82. The highest BCUT2D eigenvalue weighted by molar-refractivity contribution is 5.92. The average Bonchev–Trinajstić information content (AvgIpc) is 2.94. The van der Waals surface area contributed by atoms with Gasteiger partial charge in [-0.05, 0) is 19.9 Å². The molecule has 106 valence electrons. The molecule has 1 saturated heterocycles. The van der Waals surface area contributed by atoms with Gasteiger partial charge in [-0.1, -0.05) is 6.92 Å². The van der Waals surface area contributed by atoms with E-state index in [1.165, 1.54) is 0 Å². The molecule has 0 aromatic carbocycles. The third-order valence-corrected chi connectivity index (χ3v) is 3.33. The number of nitrogens with zero attached hydrogens (tertiary/aromatic N) is 2. The summed E-state index contributed by atoms with van der Waals surface area (Å²) in [5.74, 6) is 0.583. The van der Waals surface area contributed by atoms with Crippen molar-refractivity contribution in [3.63, 3.8) is 0 Å². The van der Waals surface area contributed by atoms with E-state index in [0.29, 0.717) is 13.2 Å². The Morgan fingerprint density at radius 3 is 3.00 bits per heavy atom. The van der Waals surface area contributed by atoms with Gasteiger partial charge in [-0.25, -0.2) is 0 Å². The summed E-state index contributed by atoms with van der Waals surface area (Å²) in [6, 6.07) is 1.97. The topological polar surface area (TPSA) is 68.2 Å². The van der Waals surface area contributed by atoms with Crippen molar-refractivity contribution < 1.29 is 9.53 Å². The SMILES string of the molecule is CCCNC1COCC1C(=O)Nc1cc(C)nn1C. The number of anilines is 1. The Labute approximate surface area is 113 Å². The van der Waals surface area contributed by atoms with Crippen LogP contribution in [0.5, 0.6) is 0 Å². The number of nitrogens with one attached hydrogen (secondary N) is 2. The van der Waals surface area contributed by atoms with Crippen molar-refractivity contribution in [2.45, 2.75) is 26.3 Å². The molecule has 1 amide bonds. The maximum Gasteiger partial charge on any atom is 0.232 e. The van der Waals surface area contributed by atoms with Gasteiger partial charge in [0.05, 0.1) is 24.8 Å². The van der Waals surface area contributed by atoms with E-state index in [4.69, 9.17) is 4.74 Å². The summed E-state index contributed by atoms with van der Waals surface area (Å²) in [4.78, 5) is 12.3. The zero-order chi connectivity index (χ0) is 13.8. The standard InChI is InChI=1S/C13H22N4O2/c1-4-5-14-11-8-19-7-10(11)13(18)15-12-6-9(2)16-17(12)3/h6,10-11,14H,4-5,7-8H2,1-3H3,(H,15,18). The number of aromatic nitrogens is 2. The number of hydrogen-bond acceptors (Lipinski definition) is 4. The average molecular weight is 266 g/mol. The normalized spacial score (nSPS) is 22.7. The van der Waals surface area contributed by atoms with Gasteiger partial charge in [0.15, 0.2) is 0 Å². The van der Waals surface area contributed by atoms with Crippen molar-refractivity contribution in [1.82, 2.24) is 15.1 Å². The van der Waals surface area contributed by atoms with Gasteiger partial charge in [-0.15, -0.1) is 0 Å². The lowest BCUT2D eigenvalue weighted by atomic mass is 10.0. The van der Waals surface area contributed by atoms with Crippen molar-refractivity contribution >= 4 is 11.7 Å². The Balaban J connectivity index is 1.97.